The highest BCUT2D eigenvalue weighted by Gasteiger charge is 2.27. The lowest BCUT2D eigenvalue weighted by molar-refractivity contribution is -0.132. The summed E-state index contributed by atoms with van der Waals surface area (Å²) >= 11 is 1.20. The van der Waals surface area contributed by atoms with Crippen LogP contribution in [-0.2, 0) is 14.8 Å². The maximum absolute atomic E-state index is 12.1. The Hall–Kier alpha value is -0.960. The van der Waals surface area contributed by atoms with E-state index in [1.165, 1.54) is 11.3 Å². The number of carbonyl (C=O) groups excluding carboxylic acids is 1. The van der Waals surface area contributed by atoms with E-state index in [0.717, 1.165) is 0 Å². The standard InChI is InChI=1S/C13H21N3O3S2/c1-10(14)9-12(17)16-6-4-11(5-7-16)15-21(18,19)13-3-2-8-20-13/h2-3,8,10-11,15H,4-7,9,14H2,1H3. The van der Waals surface area contributed by atoms with Gasteiger partial charge in [0.25, 0.3) is 0 Å². The minimum absolute atomic E-state index is 0.0459. The number of likely N-dealkylation sites (tertiary alicyclic amines) is 1. The van der Waals surface area contributed by atoms with Gasteiger partial charge in [0.2, 0.25) is 15.9 Å². The maximum atomic E-state index is 12.1. The van der Waals surface area contributed by atoms with Gasteiger partial charge in [0.1, 0.15) is 4.21 Å². The first kappa shape index (κ1) is 16.4. The number of thiophene rings is 1. The number of nitrogens with one attached hydrogen (secondary N) is 1. The van der Waals surface area contributed by atoms with Crippen molar-refractivity contribution in [3.63, 3.8) is 0 Å². The molecule has 6 nitrogen and oxygen atoms in total. The molecule has 0 radical (unpaired) electrons. The van der Waals surface area contributed by atoms with Gasteiger partial charge in [-0.3, -0.25) is 4.79 Å². The summed E-state index contributed by atoms with van der Waals surface area (Å²) in [5.74, 6) is 0.0459. The molecule has 8 heteroatoms. The van der Waals surface area contributed by atoms with Crippen molar-refractivity contribution in [2.24, 2.45) is 5.73 Å². The van der Waals surface area contributed by atoms with Crippen molar-refractivity contribution in [2.75, 3.05) is 13.1 Å². The molecule has 1 saturated heterocycles. The van der Waals surface area contributed by atoms with Crippen molar-refractivity contribution in [3.8, 4) is 0 Å². The number of carbonyl (C=O) groups is 1. The predicted octanol–water partition coefficient (Wildman–Crippen LogP) is 0.755. The third-order valence-corrected chi connectivity index (χ3v) is 6.34. The van der Waals surface area contributed by atoms with Crippen LogP contribution in [0.3, 0.4) is 0 Å². The molecule has 1 atom stereocenters. The lowest BCUT2D eigenvalue weighted by atomic mass is 10.1. The Morgan fingerprint density at radius 2 is 2.19 bits per heavy atom. The summed E-state index contributed by atoms with van der Waals surface area (Å²) in [7, 11) is -3.43. The van der Waals surface area contributed by atoms with E-state index in [2.05, 4.69) is 4.72 Å². The monoisotopic (exact) mass is 331 g/mol. The number of piperidine rings is 1. The van der Waals surface area contributed by atoms with Gasteiger partial charge < -0.3 is 10.6 Å². The molecule has 3 N–H and O–H groups in total. The summed E-state index contributed by atoms with van der Waals surface area (Å²) < 4.78 is 27.3. The Morgan fingerprint density at radius 3 is 2.71 bits per heavy atom. The summed E-state index contributed by atoms with van der Waals surface area (Å²) in [5, 5.41) is 1.74. The summed E-state index contributed by atoms with van der Waals surface area (Å²) in [5.41, 5.74) is 5.63. The van der Waals surface area contributed by atoms with Gasteiger partial charge in [-0.15, -0.1) is 11.3 Å². The molecule has 1 amide bonds. The number of hydrogen-bond donors (Lipinski definition) is 2. The van der Waals surface area contributed by atoms with Crippen LogP contribution in [0.15, 0.2) is 21.7 Å². The van der Waals surface area contributed by atoms with E-state index in [1.54, 1.807) is 29.3 Å². The fourth-order valence-corrected chi connectivity index (χ4v) is 4.66. The molecular weight excluding hydrogens is 310 g/mol. The van der Waals surface area contributed by atoms with E-state index >= 15 is 0 Å². The molecule has 0 aliphatic carbocycles. The second-order valence-corrected chi connectivity index (χ2v) is 8.28. The largest absolute Gasteiger partial charge is 0.343 e. The molecular formula is C13H21N3O3S2. The van der Waals surface area contributed by atoms with Gasteiger partial charge in [0, 0.05) is 31.6 Å². The first-order valence-corrected chi connectivity index (χ1v) is 9.34. The molecule has 1 aliphatic rings. The summed E-state index contributed by atoms with van der Waals surface area (Å²) in [4.78, 5) is 13.7. The van der Waals surface area contributed by atoms with Crippen LogP contribution in [0.25, 0.3) is 0 Å². The Balaban J connectivity index is 1.86. The van der Waals surface area contributed by atoms with Gasteiger partial charge in [-0.2, -0.15) is 0 Å². The van der Waals surface area contributed by atoms with Crippen molar-refractivity contribution < 1.29 is 13.2 Å². The normalized spacial score (nSPS) is 18.7. The lowest BCUT2D eigenvalue weighted by Gasteiger charge is -2.32. The molecule has 0 aromatic carbocycles. The van der Waals surface area contributed by atoms with Crippen LogP contribution in [0, 0.1) is 0 Å². The van der Waals surface area contributed by atoms with Gasteiger partial charge in [-0.05, 0) is 31.2 Å². The summed E-state index contributed by atoms with van der Waals surface area (Å²) in [6.45, 7) is 2.95. The first-order chi connectivity index (χ1) is 9.88. The van der Waals surface area contributed by atoms with Crippen LogP contribution < -0.4 is 10.5 Å². The second kappa shape index (κ2) is 6.87. The van der Waals surface area contributed by atoms with Crippen LogP contribution in [0.5, 0.6) is 0 Å². The fourth-order valence-electron chi connectivity index (χ4n) is 2.35. The van der Waals surface area contributed by atoms with Crippen LogP contribution in [0.4, 0.5) is 0 Å². The number of amides is 1. The average molecular weight is 331 g/mol. The molecule has 0 bridgehead atoms. The van der Waals surface area contributed by atoms with Gasteiger partial charge in [-0.25, -0.2) is 13.1 Å². The van der Waals surface area contributed by atoms with Gasteiger partial charge in [0.05, 0.1) is 0 Å². The zero-order valence-electron chi connectivity index (χ0n) is 12.0. The quantitative estimate of drug-likeness (QED) is 0.833. The maximum Gasteiger partial charge on any atom is 0.250 e. The lowest BCUT2D eigenvalue weighted by Crippen LogP contribution is -2.47. The van der Waals surface area contributed by atoms with Crippen molar-refractivity contribution in [3.05, 3.63) is 17.5 Å². The molecule has 2 heterocycles. The highest BCUT2D eigenvalue weighted by Crippen LogP contribution is 2.19. The molecule has 2 rings (SSSR count). The third-order valence-electron chi connectivity index (χ3n) is 3.43. The van der Waals surface area contributed by atoms with Crippen LogP contribution >= 0.6 is 11.3 Å². The van der Waals surface area contributed by atoms with E-state index in [0.29, 0.717) is 36.6 Å². The van der Waals surface area contributed by atoms with Crippen molar-refractivity contribution in [2.45, 2.75) is 42.5 Å². The number of nitrogens with two attached hydrogens (primary N) is 1. The average Bonchev–Trinajstić information content (AvgIpc) is 2.93. The second-order valence-electron chi connectivity index (χ2n) is 5.39. The Morgan fingerprint density at radius 1 is 1.52 bits per heavy atom. The van der Waals surface area contributed by atoms with E-state index in [-0.39, 0.29) is 18.0 Å². The third kappa shape index (κ3) is 4.50. The molecule has 0 spiro atoms. The van der Waals surface area contributed by atoms with Gasteiger partial charge in [-0.1, -0.05) is 6.07 Å². The van der Waals surface area contributed by atoms with E-state index in [4.69, 9.17) is 5.73 Å². The van der Waals surface area contributed by atoms with E-state index < -0.39 is 10.0 Å². The molecule has 118 valence electrons. The van der Waals surface area contributed by atoms with Crippen molar-refractivity contribution >= 4 is 27.3 Å². The molecule has 1 aromatic rings. The molecule has 1 unspecified atom stereocenters. The number of sulfonamides is 1. The molecule has 0 saturated carbocycles. The highest BCUT2D eigenvalue weighted by molar-refractivity contribution is 7.91. The smallest absolute Gasteiger partial charge is 0.250 e. The van der Waals surface area contributed by atoms with Gasteiger partial charge >= 0.3 is 0 Å². The van der Waals surface area contributed by atoms with Crippen molar-refractivity contribution in [1.29, 1.82) is 0 Å². The number of hydrogen-bond acceptors (Lipinski definition) is 5. The highest BCUT2D eigenvalue weighted by atomic mass is 32.2. The SMILES string of the molecule is CC(N)CC(=O)N1CCC(NS(=O)(=O)c2cccs2)CC1. The zero-order chi connectivity index (χ0) is 15.5. The van der Waals surface area contributed by atoms with Gasteiger partial charge in [0.15, 0.2) is 0 Å². The van der Waals surface area contributed by atoms with Crippen molar-refractivity contribution in [1.82, 2.24) is 9.62 Å². The Labute approximate surface area is 129 Å². The Bertz CT molecular complexity index is 561. The fraction of sp³-hybridized carbons (Fsp3) is 0.615. The molecule has 21 heavy (non-hydrogen) atoms. The van der Waals surface area contributed by atoms with Crippen LogP contribution in [-0.4, -0.2) is 44.4 Å². The number of nitrogens with zero attached hydrogens (tertiary/aromatic N) is 1. The van der Waals surface area contributed by atoms with E-state index in [1.807, 2.05) is 0 Å². The minimum atomic E-state index is -3.43. The topological polar surface area (TPSA) is 92.5 Å². The van der Waals surface area contributed by atoms with Crippen LogP contribution in [0.2, 0.25) is 0 Å². The summed E-state index contributed by atoms with van der Waals surface area (Å²) in [6, 6.07) is 3.05. The molecule has 1 aliphatic heterocycles. The minimum Gasteiger partial charge on any atom is -0.343 e. The Kier molecular flexibility index (Phi) is 5.37. The summed E-state index contributed by atoms with van der Waals surface area (Å²) in [6.07, 6.45) is 1.61. The molecule has 1 aromatic heterocycles. The van der Waals surface area contributed by atoms with E-state index in [9.17, 15) is 13.2 Å². The predicted molar refractivity (Wildman–Crippen MR) is 82.5 cm³/mol. The van der Waals surface area contributed by atoms with Crippen LogP contribution in [0.1, 0.15) is 26.2 Å². The first-order valence-electron chi connectivity index (χ1n) is 6.97. The number of rotatable bonds is 5. The molecule has 1 fully saturated rings. The zero-order valence-corrected chi connectivity index (χ0v) is 13.6.